The molecule has 84 valence electrons. The van der Waals surface area contributed by atoms with Gasteiger partial charge in [-0.3, -0.25) is 0 Å². The van der Waals surface area contributed by atoms with Crippen molar-refractivity contribution < 1.29 is 8.42 Å². The number of aryl methyl sites for hydroxylation is 2. The third-order valence-electron chi connectivity index (χ3n) is 2.10. The molecule has 0 aliphatic rings. The molecular formula is C10H14ClNO2S. The molecule has 0 heterocycles. The molecule has 0 unspecified atom stereocenters. The second-order valence-corrected chi connectivity index (χ2v) is 5.36. The SMILES string of the molecule is Cc1ccc(S(N)(=O)=O)c(CCCCl)c1. The molecule has 15 heavy (non-hydrogen) atoms. The lowest BCUT2D eigenvalue weighted by Gasteiger charge is -2.07. The molecule has 0 amide bonds. The van der Waals surface area contributed by atoms with E-state index in [4.69, 9.17) is 16.7 Å². The van der Waals surface area contributed by atoms with Crippen molar-refractivity contribution in [3.8, 4) is 0 Å². The molecule has 0 spiro atoms. The van der Waals surface area contributed by atoms with Crippen molar-refractivity contribution in [2.24, 2.45) is 5.14 Å². The molecule has 5 heteroatoms. The van der Waals surface area contributed by atoms with E-state index < -0.39 is 10.0 Å². The zero-order valence-electron chi connectivity index (χ0n) is 8.53. The number of nitrogens with two attached hydrogens (primary N) is 1. The first-order valence-corrected chi connectivity index (χ1v) is 6.71. The fraction of sp³-hybridized carbons (Fsp3) is 0.400. The van der Waals surface area contributed by atoms with Gasteiger partial charge in [0.15, 0.2) is 0 Å². The molecule has 0 radical (unpaired) electrons. The monoisotopic (exact) mass is 247 g/mol. The van der Waals surface area contributed by atoms with Crippen LogP contribution < -0.4 is 5.14 Å². The molecule has 0 saturated carbocycles. The fourth-order valence-electron chi connectivity index (χ4n) is 1.44. The summed E-state index contributed by atoms with van der Waals surface area (Å²) in [5.41, 5.74) is 1.77. The van der Waals surface area contributed by atoms with Crippen LogP contribution in [-0.4, -0.2) is 14.3 Å². The topological polar surface area (TPSA) is 60.2 Å². The lowest BCUT2D eigenvalue weighted by atomic mass is 10.1. The molecule has 0 saturated heterocycles. The van der Waals surface area contributed by atoms with Gasteiger partial charge in [0.2, 0.25) is 10.0 Å². The quantitative estimate of drug-likeness (QED) is 0.825. The minimum absolute atomic E-state index is 0.207. The van der Waals surface area contributed by atoms with Gasteiger partial charge in [-0.1, -0.05) is 17.7 Å². The molecule has 0 aromatic heterocycles. The van der Waals surface area contributed by atoms with Crippen molar-refractivity contribution in [2.45, 2.75) is 24.7 Å². The summed E-state index contributed by atoms with van der Waals surface area (Å²) in [6.07, 6.45) is 1.38. The summed E-state index contributed by atoms with van der Waals surface area (Å²) >= 11 is 5.58. The Morgan fingerprint density at radius 2 is 2.07 bits per heavy atom. The maximum Gasteiger partial charge on any atom is 0.238 e. The van der Waals surface area contributed by atoms with E-state index in [1.807, 2.05) is 13.0 Å². The first-order chi connectivity index (χ1) is 6.95. The van der Waals surface area contributed by atoms with E-state index in [0.717, 1.165) is 17.5 Å². The number of hydrogen-bond acceptors (Lipinski definition) is 2. The summed E-state index contributed by atoms with van der Waals surface area (Å²) in [5.74, 6) is 0.512. The summed E-state index contributed by atoms with van der Waals surface area (Å²) in [6, 6.07) is 5.13. The van der Waals surface area contributed by atoms with Crippen LogP contribution >= 0.6 is 11.6 Å². The Kier molecular flexibility index (Phi) is 4.13. The maximum absolute atomic E-state index is 11.3. The molecule has 0 bridgehead atoms. The summed E-state index contributed by atoms with van der Waals surface area (Å²) in [7, 11) is -3.62. The van der Waals surface area contributed by atoms with E-state index in [9.17, 15) is 8.42 Å². The predicted octanol–water partition coefficient (Wildman–Crippen LogP) is 1.81. The second kappa shape index (κ2) is 4.96. The average molecular weight is 248 g/mol. The molecule has 0 aliphatic heterocycles. The molecule has 1 aromatic rings. The van der Waals surface area contributed by atoms with Gasteiger partial charge in [0, 0.05) is 5.88 Å². The number of halogens is 1. The molecule has 0 aliphatic carbocycles. The van der Waals surface area contributed by atoms with Crippen LogP contribution in [0.5, 0.6) is 0 Å². The van der Waals surface area contributed by atoms with Crippen LogP contribution in [0.25, 0.3) is 0 Å². The standard InChI is InChI=1S/C10H14ClNO2S/c1-8-4-5-10(15(12,13)14)9(7-8)3-2-6-11/h4-5,7H,2-3,6H2,1H3,(H2,12,13,14). The van der Waals surface area contributed by atoms with Gasteiger partial charge < -0.3 is 0 Å². The van der Waals surface area contributed by atoms with Gasteiger partial charge in [-0.25, -0.2) is 13.6 Å². The Morgan fingerprint density at radius 3 is 2.60 bits per heavy atom. The Labute approximate surface area is 95.3 Å². The van der Waals surface area contributed by atoms with Crippen molar-refractivity contribution in [3.05, 3.63) is 29.3 Å². The van der Waals surface area contributed by atoms with Crippen LogP contribution in [0, 0.1) is 6.92 Å². The van der Waals surface area contributed by atoms with Crippen LogP contribution in [0.4, 0.5) is 0 Å². The normalized spacial score (nSPS) is 11.7. The molecule has 0 fully saturated rings. The van der Waals surface area contributed by atoms with E-state index >= 15 is 0 Å². The maximum atomic E-state index is 11.3. The largest absolute Gasteiger partial charge is 0.238 e. The van der Waals surface area contributed by atoms with Crippen molar-refractivity contribution in [2.75, 3.05) is 5.88 Å². The zero-order chi connectivity index (χ0) is 11.5. The first kappa shape index (κ1) is 12.5. The van der Waals surface area contributed by atoms with Gasteiger partial charge in [-0.15, -0.1) is 11.6 Å². The number of rotatable bonds is 4. The number of sulfonamides is 1. The summed E-state index contributed by atoms with van der Waals surface area (Å²) in [6.45, 7) is 1.91. The lowest BCUT2D eigenvalue weighted by Crippen LogP contribution is -2.14. The highest BCUT2D eigenvalue weighted by Crippen LogP contribution is 2.17. The summed E-state index contributed by atoms with van der Waals surface area (Å²) in [4.78, 5) is 0.207. The Balaban J connectivity index is 3.15. The van der Waals surface area contributed by atoms with Crippen LogP contribution in [0.2, 0.25) is 0 Å². The van der Waals surface area contributed by atoms with E-state index in [1.54, 1.807) is 12.1 Å². The van der Waals surface area contributed by atoms with E-state index in [0.29, 0.717) is 12.3 Å². The van der Waals surface area contributed by atoms with Gasteiger partial charge in [0.05, 0.1) is 4.90 Å². The Morgan fingerprint density at radius 1 is 1.40 bits per heavy atom. The van der Waals surface area contributed by atoms with Gasteiger partial charge in [-0.05, 0) is 31.4 Å². The van der Waals surface area contributed by atoms with E-state index in [1.165, 1.54) is 0 Å². The van der Waals surface area contributed by atoms with Crippen LogP contribution in [0.1, 0.15) is 17.5 Å². The predicted molar refractivity (Wildman–Crippen MR) is 61.6 cm³/mol. The van der Waals surface area contributed by atoms with E-state index in [-0.39, 0.29) is 4.90 Å². The minimum atomic E-state index is -3.62. The van der Waals surface area contributed by atoms with Crippen LogP contribution in [0.3, 0.4) is 0 Å². The first-order valence-electron chi connectivity index (χ1n) is 4.63. The molecule has 3 nitrogen and oxygen atoms in total. The minimum Gasteiger partial charge on any atom is -0.225 e. The highest BCUT2D eigenvalue weighted by atomic mass is 35.5. The highest BCUT2D eigenvalue weighted by Gasteiger charge is 2.13. The van der Waals surface area contributed by atoms with Crippen LogP contribution in [-0.2, 0) is 16.4 Å². The Hall–Kier alpha value is -0.580. The molecule has 1 aromatic carbocycles. The van der Waals surface area contributed by atoms with Crippen molar-refractivity contribution in [1.29, 1.82) is 0 Å². The zero-order valence-corrected chi connectivity index (χ0v) is 10.1. The van der Waals surface area contributed by atoms with Gasteiger partial charge in [0.25, 0.3) is 0 Å². The molecule has 0 atom stereocenters. The number of hydrogen-bond donors (Lipinski definition) is 1. The smallest absolute Gasteiger partial charge is 0.225 e. The Bertz CT molecular complexity index is 443. The van der Waals surface area contributed by atoms with Crippen molar-refractivity contribution >= 4 is 21.6 Å². The summed E-state index contributed by atoms with van der Waals surface area (Å²) < 4.78 is 22.5. The fourth-order valence-corrected chi connectivity index (χ4v) is 2.36. The van der Waals surface area contributed by atoms with Crippen molar-refractivity contribution in [3.63, 3.8) is 0 Å². The summed E-state index contributed by atoms with van der Waals surface area (Å²) in [5, 5.41) is 5.12. The van der Waals surface area contributed by atoms with E-state index in [2.05, 4.69) is 0 Å². The number of primary sulfonamides is 1. The molecular weight excluding hydrogens is 234 g/mol. The third-order valence-corrected chi connectivity index (χ3v) is 3.38. The van der Waals surface area contributed by atoms with Gasteiger partial charge in [-0.2, -0.15) is 0 Å². The highest BCUT2D eigenvalue weighted by molar-refractivity contribution is 7.89. The van der Waals surface area contributed by atoms with Crippen LogP contribution in [0.15, 0.2) is 23.1 Å². The lowest BCUT2D eigenvalue weighted by molar-refractivity contribution is 0.596. The van der Waals surface area contributed by atoms with Gasteiger partial charge >= 0.3 is 0 Å². The molecule has 2 N–H and O–H groups in total. The number of alkyl halides is 1. The van der Waals surface area contributed by atoms with Gasteiger partial charge in [0.1, 0.15) is 0 Å². The second-order valence-electron chi connectivity index (χ2n) is 3.45. The van der Waals surface area contributed by atoms with Crippen molar-refractivity contribution in [1.82, 2.24) is 0 Å². The molecule has 1 rings (SSSR count). The third kappa shape index (κ3) is 3.48. The number of benzene rings is 1. The average Bonchev–Trinajstić information content (AvgIpc) is 2.12.